The van der Waals surface area contributed by atoms with E-state index >= 15 is 0 Å². The van der Waals surface area contributed by atoms with Gasteiger partial charge in [-0.25, -0.2) is 0 Å². The van der Waals surface area contributed by atoms with Crippen molar-refractivity contribution in [3.63, 3.8) is 0 Å². The Kier molecular flexibility index (Phi) is 4.69. The third-order valence-corrected chi connectivity index (χ3v) is 3.43. The van der Waals surface area contributed by atoms with Crippen LogP contribution in [0.15, 0.2) is 72.1 Å². The van der Waals surface area contributed by atoms with Gasteiger partial charge in [-0.2, -0.15) is 0 Å². The average molecular weight is 250 g/mol. The molecule has 2 aromatic rings. The predicted octanol–water partition coefficient (Wildman–Crippen LogP) is 4.36. The predicted molar refractivity (Wildman–Crippen MR) is 79.8 cm³/mol. The molecule has 88 valence electrons. The summed E-state index contributed by atoms with van der Waals surface area (Å²) in [7, 11) is 0. The molecule has 0 aliphatic carbocycles. The van der Waals surface area contributed by atoms with Gasteiger partial charge in [0, 0.05) is 21.8 Å². The molecule has 0 aromatic heterocycles. The number of hydrogen-bond donors (Lipinski definition) is 0. The Labute approximate surface area is 113 Å². The number of hydrogen-bond acceptors (Lipinski definition) is 1. The summed E-state index contributed by atoms with van der Waals surface area (Å²) >= 11 is 1.76. The summed E-state index contributed by atoms with van der Waals surface area (Å²) in [5.41, 5.74) is 2.12. The molecule has 2 rings (SSSR count). The lowest BCUT2D eigenvalue weighted by atomic mass is 10.2. The van der Waals surface area contributed by atoms with E-state index in [-0.39, 0.29) is 0 Å². The smallest absolute Gasteiger partial charge is 0.0385 e. The van der Waals surface area contributed by atoms with Crippen LogP contribution in [0.3, 0.4) is 0 Å². The number of benzene rings is 2. The van der Waals surface area contributed by atoms with Crippen molar-refractivity contribution < 1.29 is 0 Å². The fourth-order valence-electron chi connectivity index (χ4n) is 1.51. The molecular formula is C17H14S. The standard InChI is InChI=1S/C17H14S/c1-2-14-18-17-11-7-6-10-16(17)13-12-15-8-4-3-5-9-15/h2-11H,1,14H2. The molecule has 0 atom stereocenters. The minimum absolute atomic E-state index is 0.907. The maximum absolute atomic E-state index is 3.74. The molecule has 0 radical (unpaired) electrons. The fourth-order valence-corrected chi connectivity index (χ4v) is 2.25. The topological polar surface area (TPSA) is 0 Å². The lowest BCUT2D eigenvalue weighted by Gasteiger charge is -2.01. The third kappa shape index (κ3) is 3.55. The van der Waals surface area contributed by atoms with Crippen LogP contribution in [0.5, 0.6) is 0 Å². The Hall–Kier alpha value is -1.91. The highest BCUT2D eigenvalue weighted by Gasteiger charge is 1.97. The first-order chi connectivity index (χ1) is 8.90. The molecule has 1 heteroatoms. The Morgan fingerprint density at radius 3 is 2.44 bits per heavy atom. The van der Waals surface area contributed by atoms with Gasteiger partial charge < -0.3 is 0 Å². The fraction of sp³-hybridized carbons (Fsp3) is 0.0588. The van der Waals surface area contributed by atoms with Crippen molar-refractivity contribution in [3.8, 4) is 11.8 Å². The molecule has 0 saturated carbocycles. The lowest BCUT2D eigenvalue weighted by Crippen LogP contribution is -1.81. The zero-order valence-corrected chi connectivity index (χ0v) is 10.9. The van der Waals surface area contributed by atoms with Gasteiger partial charge in [0.05, 0.1) is 0 Å². The van der Waals surface area contributed by atoms with E-state index in [9.17, 15) is 0 Å². The molecule has 0 spiro atoms. The first kappa shape index (κ1) is 12.5. The second-order valence-corrected chi connectivity index (χ2v) is 4.77. The van der Waals surface area contributed by atoms with Gasteiger partial charge in [-0.3, -0.25) is 0 Å². The SMILES string of the molecule is C=CCSc1ccccc1C#Cc1ccccc1. The van der Waals surface area contributed by atoms with Crippen LogP contribution in [0.1, 0.15) is 11.1 Å². The van der Waals surface area contributed by atoms with Gasteiger partial charge in [-0.15, -0.1) is 18.3 Å². The van der Waals surface area contributed by atoms with E-state index in [4.69, 9.17) is 0 Å². The highest BCUT2D eigenvalue weighted by Crippen LogP contribution is 2.21. The van der Waals surface area contributed by atoms with Crippen molar-refractivity contribution in [2.24, 2.45) is 0 Å². The molecular weight excluding hydrogens is 236 g/mol. The normalized spacial score (nSPS) is 9.33. The van der Waals surface area contributed by atoms with Gasteiger partial charge in [-0.05, 0) is 24.3 Å². The highest BCUT2D eigenvalue weighted by atomic mass is 32.2. The van der Waals surface area contributed by atoms with Crippen molar-refractivity contribution in [1.29, 1.82) is 0 Å². The van der Waals surface area contributed by atoms with Gasteiger partial charge in [0.25, 0.3) is 0 Å². The van der Waals surface area contributed by atoms with Crippen LogP contribution in [-0.4, -0.2) is 5.75 Å². The van der Waals surface area contributed by atoms with Crippen molar-refractivity contribution in [2.75, 3.05) is 5.75 Å². The summed E-state index contributed by atoms with van der Waals surface area (Å²) in [6, 6.07) is 18.3. The van der Waals surface area contributed by atoms with Crippen LogP contribution in [0.2, 0.25) is 0 Å². The summed E-state index contributed by atoms with van der Waals surface area (Å²) in [4.78, 5) is 1.21. The summed E-state index contributed by atoms with van der Waals surface area (Å²) in [5.74, 6) is 7.33. The maximum Gasteiger partial charge on any atom is 0.0385 e. The minimum Gasteiger partial charge on any atom is -0.121 e. The van der Waals surface area contributed by atoms with E-state index in [1.807, 2.05) is 48.5 Å². The van der Waals surface area contributed by atoms with E-state index in [0.717, 1.165) is 16.9 Å². The van der Waals surface area contributed by atoms with Crippen molar-refractivity contribution in [3.05, 3.63) is 78.4 Å². The van der Waals surface area contributed by atoms with E-state index < -0.39 is 0 Å². The van der Waals surface area contributed by atoms with Crippen molar-refractivity contribution in [1.82, 2.24) is 0 Å². The summed E-state index contributed by atoms with van der Waals surface area (Å²) in [5, 5.41) is 0. The molecule has 0 unspecified atom stereocenters. The quantitative estimate of drug-likeness (QED) is 0.443. The maximum atomic E-state index is 3.74. The Morgan fingerprint density at radius 2 is 1.67 bits per heavy atom. The molecule has 0 N–H and O–H groups in total. The van der Waals surface area contributed by atoms with E-state index in [2.05, 4.69) is 30.6 Å². The van der Waals surface area contributed by atoms with Gasteiger partial charge >= 0.3 is 0 Å². The monoisotopic (exact) mass is 250 g/mol. The summed E-state index contributed by atoms with van der Waals surface area (Å²) in [6.45, 7) is 3.74. The summed E-state index contributed by atoms with van der Waals surface area (Å²) in [6.07, 6.45) is 1.91. The minimum atomic E-state index is 0.907. The number of thioether (sulfide) groups is 1. The molecule has 0 aliphatic rings. The van der Waals surface area contributed by atoms with Crippen molar-refractivity contribution in [2.45, 2.75) is 4.90 Å². The molecule has 0 heterocycles. The van der Waals surface area contributed by atoms with Crippen LogP contribution in [-0.2, 0) is 0 Å². The Morgan fingerprint density at radius 1 is 0.944 bits per heavy atom. The van der Waals surface area contributed by atoms with Gasteiger partial charge in [0.2, 0.25) is 0 Å². The van der Waals surface area contributed by atoms with Crippen LogP contribution < -0.4 is 0 Å². The third-order valence-electron chi connectivity index (χ3n) is 2.36. The molecule has 0 aliphatic heterocycles. The second-order valence-electron chi connectivity index (χ2n) is 3.71. The zero-order valence-electron chi connectivity index (χ0n) is 10.1. The van der Waals surface area contributed by atoms with Crippen molar-refractivity contribution >= 4 is 11.8 Å². The van der Waals surface area contributed by atoms with Gasteiger partial charge in [0.15, 0.2) is 0 Å². The van der Waals surface area contributed by atoms with E-state index in [1.54, 1.807) is 11.8 Å². The lowest BCUT2D eigenvalue weighted by molar-refractivity contribution is 1.41. The molecule has 18 heavy (non-hydrogen) atoms. The molecule has 2 aromatic carbocycles. The second kappa shape index (κ2) is 6.74. The molecule has 0 nitrogen and oxygen atoms in total. The Bertz CT molecular complexity index is 573. The first-order valence-electron chi connectivity index (χ1n) is 5.80. The number of rotatable bonds is 3. The van der Waals surface area contributed by atoms with Gasteiger partial charge in [-0.1, -0.05) is 48.2 Å². The molecule has 0 amide bonds. The Balaban J connectivity index is 2.24. The average Bonchev–Trinajstić information content (AvgIpc) is 2.45. The van der Waals surface area contributed by atoms with E-state index in [1.165, 1.54) is 4.90 Å². The summed E-state index contributed by atoms with van der Waals surface area (Å²) < 4.78 is 0. The van der Waals surface area contributed by atoms with Crippen LogP contribution in [0, 0.1) is 11.8 Å². The first-order valence-corrected chi connectivity index (χ1v) is 6.78. The van der Waals surface area contributed by atoms with Crippen LogP contribution in [0.25, 0.3) is 0 Å². The largest absolute Gasteiger partial charge is 0.121 e. The molecule has 0 bridgehead atoms. The molecule has 0 fully saturated rings. The van der Waals surface area contributed by atoms with E-state index in [0.29, 0.717) is 0 Å². The van der Waals surface area contributed by atoms with Crippen LogP contribution in [0.4, 0.5) is 0 Å². The molecule has 0 saturated heterocycles. The van der Waals surface area contributed by atoms with Crippen LogP contribution >= 0.6 is 11.8 Å². The highest BCUT2D eigenvalue weighted by molar-refractivity contribution is 7.99. The van der Waals surface area contributed by atoms with Gasteiger partial charge in [0.1, 0.15) is 0 Å². The zero-order chi connectivity index (χ0) is 12.6.